The van der Waals surface area contributed by atoms with Gasteiger partial charge in [0.15, 0.2) is 0 Å². The lowest BCUT2D eigenvalue weighted by Crippen LogP contribution is -1.90. The van der Waals surface area contributed by atoms with Crippen LogP contribution in [0.1, 0.15) is 13.8 Å². The molecule has 0 saturated carbocycles. The highest BCUT2D eigenvalue weighted by atomic mass is 32.2. The Morgan fingerprint density at radius 1 is 0.833 bits per heavy atom. The van der Waals surface area contributed by atoms with E-state index in [1.54, 1.807) is 13.8 Å². The van der Waals surface area contributed by atoms with Crippen molar-refractivity contribution in [2.24, 2.45) is 0 Å². The van der Waals surface area contributed by atoms with Crippen molar-refractivity contribution in [3.63, 3.8) is 0 Å². The van der Waals surface area contributed by atoms with Crippen LogP contribution < -0.4 is 0 Å². The molecule has 0 aromatic heterocycles. The number of thioether (sulfide) groups is 2. The third-order valence-corrected chi connectivity index (χ3v) is 4.43. The molecule has 0 atom stereocenters. The number of carbonyl (C=O) groups is 2. The Balaban J connectivity index is 2.59. The fourth-order valence-electron chi connectivity index (χ4n) is 1.11. The van der Waals surface area contributed by atoms with Gasteiger partial charge in [-0.3, -0.25) is 9.59 Å². The van der Waals surface area contributed by atoms with Crippen LogP contribution in [0.5, 0.6) is 0 Å². The van der Waals surface area contributed by atoms with Crippen LogP contribution in [0.15, 0.2) is 21.0 Å². The van der Waals surface area contributed by atoms with Crippen molar-refractivity contribution in [2.45, 2.75) is 13.8 Å². The zero-order valence-corrected chi connectivity index (χ0v) is 8.27. The third-order valence-electron chi connectivity index (χ3n) is 1.89. The van der Waals surface area contributed by atoms with Crippen LogP contribution in [0.25, 0.3) is 0 Å². The third kappa shape index (κ3) is 0.912. The smallest absolute Gasteiger partial charge is 0.221 e. The van der Waals surface area contributed by atoms with Crippen LogP contribution in [0, 0.1) is 0 Å². The first-order valence-corrected chi connectivity index (χ1v) is 5.11. The molecule has 0 aliphatic carbocycles. The summed E-state index contributed by atoms with van der Waals surface area (Å²) in [5, 5.41) is 0.165. The van der Waals surface area contributed by atoms with E-state index in [0.29, 0.717) is 0 Å². The van der Waals surface area contributed by atoms with Crippen LogP contribution in [0.4, 0.5) is 0 Å². The fraction of sp³-hybridized carbons (Fsp3) is 0.250. The minimum Gasteiger partial charge on any atom is -0.282 e. The summed E-state index contributed by atoms with van der Waals surface area (Å²) in [6.45, 7) is 3.55. The second-order valence-electron chi connectivity index (χ2n) is 2.69. The van der Waals surface area contributed by atoms with E-state index < -0.39 is 0 Å². The predicted molar refractivity (Wildman–Crippen MR) is 50.6 cm³/mol. The first-order chi connectivity index (χ1) is 5.61. The Bertz CT molecular complexity index is 327. The summed E-state index contributed by atoms with van der Waals surface area (Å²) in [6.07, 6.45) is 0. The van der Waals surface area contributed by atoms with Gasteiger partial charge in [0.2, 0.25) is 10.2 Å². The van der Waals surface area contributed by atoms with Gasteiger partial charge in [0.25, 0.3) is 0 Å². The van der Waals surface area contributed by atoms with E-state index >= 15 is 0 Å². The number of carbonyl (C=O) groups excluding carboxylic acids is 2. The summed E-state index contributed by atoms with van der Waals surface area (Å²) < 4.78 is 0. The van der Waals surface area contributed by atoms with Gasteiger partial charge in [-0.05, 0) is 37.4 Å². The monoisotopic (exact) mass is 198 g/mol. The quantitative estimate of drug-likeness (QED) is 0.597. The van der Waals surface area contributed by atoms with E-state index in [4.69, 9.17) is 0 Å². The Hall–Kier alpha value is -0.480. The van der Waals surface area contributed by atoms with Crippen molar-refractivity contribution < 1.29 is 9.59 Å². The number of hydrogen-bond donors (Lipinski definition) is 0. The normalized spacial score (nSPS) is 22.8. The summed E-state index contributed by atoms with van der Waals surface area (Å²) in [4.78, 5) is 24.1. The Labute approximate surface area is 78.5 Å². The van der Waals surface area contributed by atoms with Crippen LogP contribution in [0.2, 0.25) is 0 Å². The number of hydrogen-bond acceptors (Lipinski definition) is 4. The summed E-state index contributed by atoms with van der Waals surface area (Å²) in [7, 11) is 0. The highest BCUT2D eigenvalue weighted by molar-refractivity contribution is 8.24. The lowest BCUT2D eigenvalue weighted by Gasteiger charge is -1.90. The van der Waals surface area contributed by atoms with Gasteiger partial charge in [-0.2, -0.15) is 0 Å². The van der Waals surface area contributed by atoms with Gasteiger partial charge in [0.1, 0.15) is 0 Å². The molecule has 2 aliphatic heterocycles. The van der Waals surface area contributed by atoms with Crippen LogP contribution in [-0.2, 0) is 9.59 Å². The van der Waals surface area contributed by atoms with Crippen molar-refractivity contribution in [3.05, 3.63) is 21.0 Å². The molecule has 2 heterocycles. The van der Waals surface area contributed by atoms with E-state index in [1.807, 2.05) is 0 Å². The van der Waals surface area contributed by atoms with E-state index in [-0.39, 0.29) is 10.2 Å². The largest absolute Gasteiger partial charge is 0.282 e. The van der Waals surface area contributed by atoms with Gasteiger partial charge in [0, 0.05) is 21.0 Å². The van der Waals surface area contributed by atoms with Gasteiger partial charge in [-0.15, -0.1) is 0 Å². The first kappa shape index (κ1) is 8.13. The summed E-state index contributed by atoms with van der Waals surface area (Å²) in [6, 6.07) is 0. The zero-order valence-electron chi connectivity index (χ0n) is 6.63. The predicted octanol–water partition coefficient (Wildman–Crippen LogP) is 2.08. The van der Waals surface area contributed by atoms with E-state index in [1.165, 1.54) is 23.5 Å². The van der Waals surface area contributed by atoms with Gasteiger partial charge in [-0.25, -0.2) is 0 Å². The molecule has 0 radical (unpaired) electrons. The van der Waals surface area contributed by atoms with Gasteiger partial charge in [-0.1, -0.05) is 0 Å². The van der Waals surface area contributed by atoms with Gasteiger partial charge < -0.3 is 0 Å². The second-order valence-corrected chi connectivity index (χ2v) is 4.65. The molecule has 0 spiro atoms. The van der Waals surface area contributed by atoms with Crippen LogP contribution in [0.3, 0.4) is 0 Å². The maximum atomic E-state index is 11.2. The molecule has 4 heteroatoms. The highest BCUT2D eigenvalue weighted by Gasteiger charge is 2.35. The summed E-state index contributed by atoms with van der Waals surface area (Å²) in [5.41, 5.74) is 1.45. The lowest BCUT2D eigenvalue weighted by molar-refractivity contribution is -0.108. The van der Waals surface area contributed by atoms with Crippen LogP contribution in [-0.4, -0.2) is 10.2 Å². The summed E-state index contributed by atoms with van der Waals surface area (Å²) >= 11 is 2.36. The molecule has 0 amide bonds. The zero-order chi connectivity index (χ0) is 8.88. The average molecular weight is 198 g/mol. The minimum absolute atomic E-state index is 0.0827. The van der Waals surface area contributed by atoms with Crippen LogP contribution >= 0.6 is 23.5 Å². The molecule has 2 nitrogen and oxygen atoms in total. The molecule has 2 rings (SSSR count). The van der Waals surface area contributed by atoms with Gasteiger partial charge in [0.05, 0.1) is 0 Å². The molecule has 0 fully saturated rings. The molecule has 0 N–H and O–H groups in total. The van der Waals surface area contributed by atoms with Crippen molar-refractivity contribution in [1.82, 2.24) is 0 Å². The van der Waals surface area contributed by atoms with E-state index in [0.717, 1.165) is 21.0 Å². The lowest BCUT2D eigenvalue weighted by atomic mass is 10.2. The van der Waals surface area contributed by atoms with Crippen molar-refractivity contribution in [3.8, 4) is 0 Å². The molecular weight excluding hydrogens is 192 g/mol. The Morgan fingerprint density at radius 2 is 1.17 bits per heavy atom. The van der Waals surface area contributed by atoms with Crippen molar-refractivity contribution >= 4 is 33.8 Å². The van der Waals surface area contributed by atoms with Gasteiger partial charge >= 0.3 is 0 Å². The Morgan fingerprint density at radius 3 is 1.50 bits per heavy atom. The number of fused-ring (bicyclic) bond motifs is 1. The molecule has 0 aromatic carbocycles. The molecule has 0 unspecified atom stereocenters. The maximum absolute atomic E-state index is 11.2. The SMILES string of the molecule is CC1=C2SC(=O)C(C)=C2SC1=O. The molecule has 0 bridgehead atoms. The topological polar surface area (TPSA) is 34.1 Å². The molecule has 2 aliphatic rings. The Kier molecular flexibility index (Phi) is 1.70. The number of rotatable bonds is 0. The average Bonchev–Trinajstić information content (AvgIpc) is 2.43. The molecule has 62 valence electrons. The standard InChI is InChI=1S/C8H6O2S2/c1-3-5-6(12-7(3)9)4(2)8(10)11-5/h1-2H3. The molecular formula is C8H6O2S2. The molecule has 0 aromatic rings. The summed E-state index contributed by atoms with van der Waals surface area (Å²) in [5.74, 6) is 0. The van der Waals surface area contributed by atoms with E-state index in [9.17, 15) is 9.59 Å². The maximum Gasteiger partial charge on any atom is 0.221 e. The van der Waals surface area contributed by atoms with Crippen molar-refractivity contribution in [1.29, 1.82) is 0 Å². The van der Waals surface area contributed by atoms with E-state index in [2.05, 4.69) is 0 Å². The first-order valence-electron chi connectivity index (χ1n) is 3.47. The second kappa shape index (κ2) is 2.50. The van der Waals surface area contributed by atoms with Crippen molar-refractivity contribution in [2.75, 3.05) is 0 Å². The molecule has 0 saturated heterocycles. The fourth-order valence-corrected chi connectivity index (χ4v) is 3.35. The molecule has 12 heavy (non-hydrogen) atoms. The minimum atomic E-state index is 0.0827. The highest BCUT2D eigenvalue weighted by Crippen LogP contribution is 2.50.